The smallest absolute Gasteiger partial charge is 0.272 e. The van der Waals surface area contributed by atoms with Gasteiger partial charge in [0.1, 0.15) is 36.2 Å². The molecule has 0 N–H and O–H groups in total. The SMILES string of the molecule is CCOc1ccc(-c2cc(C(=O)N3CCN(c4cc(-n5cncn5)ncn4)CC3)n(C)n2)cc1. The number of anilines is 1. The van der Waals surface area contributed by atoms with Crippen LogP contribution in [0.25, 0.3) is 17.1 Å². The second-order valence-electron chi connectivity index (χ2n) is 7.85. The van der Waals surface area contributed by atoms with Gasteiger partial charge in [0.25, 0.3) is 5.91 Å². The van der Waals surface area contributed by atoms with Gasteiger partial charge in [-0.25, -0.2) is 19.6 Å². The predicted molar refractivity (Wildman–Crippen MR) is 125 cm³/mol. The van der Waals surface area contributed by atoms with Gasteiger partial charge in [-0.3, -0.25) is 9.48 Å². The fraction of sp³-hybridized carbons (Fsp3) is 0.304. The zero-order valence-corrected chi connectivity index (χ0v) is 19.1. The first kappa shape index (κ1) is 21.6. The maximum atomic E-state index is 13.2. The molecule has 3 aromatic heterocycles. The van der Waals surface area contributed by atoms with E-state index in [9.17, 15) is 4.79 Å². The van der Waals surface area contributed by atoms with Gasteiger partial charge in [-0.2, -0.15) is 10.2 Å². The monoisotopic (exact) mass is 459 g/mol. The Labute approximate surface area is 196 Å². The molecule has 0 spiro atoms. The standard InChI is InChI=1S/C23H25N9O2/c1-3-34-18-6-4-17(5-7-18)19-12-20(29(2)28-19)23(33)31-10-8-30(9-11-31)21-13-22(26-15-25-21)32-16-24-14-27-32/h4-7,12-16H,3,8-11H2,1-2H3. The van der Waals surface area contributed by atoms with E-state index in [0.29, 0.717) is 44.3 Å². The van der Waals surface area contributed by atoms with Crippen LogP contribution in [0.15, 0.2) is 55.4 Å². The Morgan fingerprint density at radius 1 is 1.00 bits per heavy atom. The summed E-state index contributed by atoms with van der Waals surface area (Å²) in [5, 5.41) is 8.67. The first-order valence-electron chi connectivity index (χ1n) is 11.1. The van der Waals surface area contributed by atoms with Gasteiger partial charge in [-0.15, -0.1) is 0 Å². The van der Waals surface area contributed by atoms with Crippen LogP contribution in [-0.2, 0) is 7.05 Å². The van der Waals surface area contributed by atoms with Gasteiger partial charge >= 0.3 is 0 Å². The van der Waals surface area contributed by atoms with E-state index in [4.69, 9.17) is 4.74 Å². The van der Waals surface area contributed by atoms with E-state index < -0.39 is 0 Å². The Kier molecular flexibility index (Phi) is 5.90. The summed E-state index contributed by atoms with van der Waals surface area (Å²) in [4.78, 5) is 29.8. The maximum absolute atomic E-state index is 13.2. The summed E-state index contributed by atoms with van der Waals surface area (Å²) in [7, 11) is 1.80. The summed E-state index contributed by atoms with van der Waals surface area (Å²) in [5.41, 5.74) is 2.26. The minimum absolute atomic E-state index is 0.0298. The van der Waals surface area contributed by atoms with Crippen molar-refractivity contribution in [3.05, 3.63) is 61.1 Å². The van der Waals surface area contributed by atoms with Gasteiger partial charge < -0.3 is 14.5 Å². The van der Waals surface area contributed by atoms with E-state index in [1.807, 2.05) is 48.2 Å². The maximum Gasteiger partial charge on any atom is 0.272 e. The van der Waals surface area contributed by atoms with Gasteiger partial charge in [0.15, 0.2) is 5.82 Å². The molecule has 11 nitrogen and oxygen atoms in total. The number of nitrogens with zero attached hydrogens (tertiary/aromatic N) is 9. The Hall–Kier alpha value is -4.28. The van der Waals surface area contributed by atoms with Crippen LogP contribution in [0.5, 0.6) is 5.75 Å². The molecule has 11 heteroatoms. The second kappa shape index (κ2) is 9.30. The molecular formula is C23H25N9O2. The molecule has 1 amide bonds. The molecule has 174 valence electrons. The van der Waals surface area contributed by atoms with Gasteiger partial charge in [-0.05, 0) is 37.3 Å². The van der Waals surface area contributed by atoms with Crippen LogP contribution >= 0.6 is 0 Å². The van der Waals surface area contributed by atoms with Crippen molar-refractivity contribution >= 4 is 11.7 Å². The van der Waals surface area contributed by atoms with Crippen LogP contribution in [0, 0.1) is 0 Å². The number of ether oxygens (including phenoxy) is 1. The summed E-state index contributed by atoms with van der Waals surface area (Å²) in [6, 6.07) is 11.5. The normalized spacial score (nSPS) is 13.8. The fourth-order valence-electron chi connectivity index (χ4n) is 3.96. The number of hydrogen-bond donors (Lipinski definition) is 0. The van der Waals surface area contributed by atoms with Crippen LogP contribution in [-0.4, -0.2) is 78.1 Å². The summed E-state index contributed by atoms with van der Waals surface area (Å²) in [6.45, 7) is 5.09. The molecule has 4 heterocycles. The first-order chi connectivity index (χ1) is 16.6. The van der Waals surface area contributed by atoms with E-state index in [2.05, 4.69) is 30.0 Å². The van der Waals surface area contributed by atoms with Gasteiger partial charge in [0, 0.05) is 44.9 Å². The number of carbonyl (C=O) groups excluding carboxylic acids is 1. The Balaban J connectivity index is 1.25. The average molecular weight is 460 g/mol. The Morgan fingerprint density at radius 2 is 1.76 bits per heavy atom. The van der Waals surface area contributed by atoms with Crippen molar-refractivity contribution < 1.29 is 9.53 Å². The van der Waals surface area contributed by atoms with Crippen molar-refractivity contribution in [2.75, 3.05) is 37.7 Å². The Bertz CT molecular complexity index is 1260. The molecule has 0 bridgehead atoms. The molecule has 5 rings (SSSR count). The molecule has 1 saturated heterocycles. The first-order valence-corrected chi connectivity index (χ1v) is 11.1. The van der Waals surface area contributed by atoms with Crippen LogP contribution < -0.4 is 9.64 Å². The average Bonchev–Trinajstić information content (AvgIpc) is 3.55. The number of aromatic nitrogens is 7. The molecular weight excluding hydrogens is 434 g/mol. The van der Waals surface area contributed by atoms with E-state index >= 15 is 0 Å². The van der Waals surface area contributed by atoms with E-state index in [0.717, 1.165) is 22.8 Å². The minimum atomic E-state index is -0.0298. The summed E-state index contributed by atoms with van der Waals surface area (Å²) >= 11 is 0. The number of hydrogen-bond acceptors (Lipinski definition) is 8. The number of piperazine rings is 1. The van der Waals surface area contributed by atoms with Gasteiger partial charge in [0.05, 0.1) is 12.3 Å². The number of aryl methyl sites for hydroxylation is 1. The van der Waals surface area contributed by atoms with E-state index in [1.54, 1.807) is 22.7 Å². The van der Waals surface area contributed by atoms with E-state index in [-0.39, 0.29) is 5.91 Å². The highest BCUT2D eigenvalue weighted by atomic mass is 16.5. The molecule has 0 saturated carbocycles. The van der Waals surface area contributed by atoms with Crippen LogP contribution in [0.3, 0.4) is 0 Å². The van der Waals surface area contributed by atoms with Crippen molar-refractivity contribution in [2.24, 2.45) is 7.05 Å². The number of benzene rings is 1. The highest BCUT2D eigenvalue weighted by Gasteiger charge is 2.26. The number of carbonyl (C=O) groups is 1. The summed E-state index contributed by atoms with van der Waals surface area (Å²) < 4.78 is 8.74. The predicted octanol–water partition coefficient (Wildman–Crippen LogP) is 1.82. The van der Waals surface area contributed by atoms with Crippen molar-refractivity contribution in [3.63, 3.8) is 0 Å². The van der Waals surface area contributed by atoms with Crippen molar-refractivity contribution in [3.8, 4) is 22.8 Å². The van der Waals surface area contributed by atoms with Crippen LogP contribution in [0.2, 0.25) is 0 Å². The highest BCUT2D eigenvalue weighted by Crippen LogP contribution is 2.23. The minimum Gasteiger partial charge on any atom is -0.494 e. The number of rotatable bonds is 6. The Morgan fingerprint density at radius 3 is 2.47 bits per heavy atom. The second-order valence-corrected chi connectivity index (χ2v) is 7.85. The van der Waals surface area contributed by atoms with Crippen molar-refractivity contribution in [1.29, 1.82) is 0 Å². The molecule has 0 radical (unpaired) electrons. The third-order valence-electron chi connectivity index (χ3n) is 5.74. The molecule has 1 aromatic carbocycles. The van der Waals surface area contributed by atoms with Crippen molar-refractivity contribution in [1.82, 2.24) is 39.4 Å². The van der Waals surface area contributed by atoms with Crippen LogP contribution in [0.1, 0.15) is 17.4 Å². The van der Waals surface area contributed by atoms with Crippen molar-refractivity contribution in [2.45, 2.75) is 6.92 Å². The molecule has 1 fully saturated rings. The third kappa shape index (κ3) is 4.32. The topological polar surface area (TPSA) is 107 Å². The quantitative estimate of drug-likeness (QED) is 0.430. The number of amides is 1. The molecule has 0 unspecified atom stereocenters. The largest absolute Gasteiger partial charge is 0.494 e. The lowest BCUT2D eigenvalue weighted by Gasteiger charge is -2.35. The molecule has 34 heavy (non-hydrogen) atoms. The summed E-state index contributed by atoms with van der Waals surface area (Å²) in [6.07, 6.45) is 4.58. The van der Waals surface area contributed by atoms with Crippen LogP contribution in [0.4, 0.5) is 5.82 Å². The lowest BCUT2D eigenvalue weighted by Crippen LogP contribution is -2.49. The highest BCUT2D eigenvalue weighted by molar-refractivity contribution is 5.94. The molecule has 0 atom stereocenters. The molecule has 1 aliphatic rings. The fourth-order valence-corrected chi connectivity index (χ4v) is 3.96. The third-order valence-corrected chi connectivity index (χ3v) is 5.74. The molecule has 0 aliphatic carbocycles. The van der Waals surface area contributed by atoms with Gasteiger partial charge in [-0.1, -0.05) is 0 Å². The molecule has 4 aromatic rings. The lowest BCUT2D eigenvalue weighted by molar-refractivity contribution is 0.0735. The molecule has 1 aliphatic heterocycles. The zero-order chi connectivity index (χ0) is 23.5. The zero-order valence-electron chi connectivity index (χ0n) is 19.1. The van der Waals surface area contributed by atoms with E-state index in [1.165, 1.54) is 12.7 Å². The summed E-state index contributed by atoms with van der Waals surface area (Å²) in [5.74, 6) is 2.23. The lowest BCUT2D eigenvalue weighted by atomic mass is 10.1. The van der Waals surface area contributed by atoms with Gasteiger partial charge in [0.2, 0.25) is 0 Å².